The Hall–Kier alpha value is -1.76. The van der Waals surface area contributed by atoms with E-state index in [9.17, 15) is 0 Å². The second-order valence-corrected chi connectivity index (χ2v) is 9.58. The summed E-state index contributed by atoms with van der Waals surface area (Å²) in [4.78, 5) is 9.56. The Labute approximate surface area is 184 Å². The summed E-state index contributed by atoms with van der Waals surface area (Å²) in [6.45, 7) is 7.86. The highest BCUT2D eigenvalue weighted by Gasteiger charge is 2.32. The molecule has 0 aromatic heterocycles. The molecule has 0 atom stereocenters. The van der Waals surface area contributed by atoms with Crippen LogP contribution in [0.4, 0.5) is 0 Å². The molecule has 2 fully saturated rings. The van der Waals surface area contributed by atoms with E-state index in [1.54, 1.807) is 0 Å². The third-order valence-electron chi connectivity index (χ3n) is 6.56. The fourth-order valence-corrected chi connectivity index (χ4v) is 5.35. The number of nitrogens with one attached hydrogen (secondary N) is 1. The lowest BCUT2D eigenvalue weighted by Crippen LogP contribution is -2.54. The molecule has 2 aromatic rings. The summed E-state index contributed by atoms with van der Waals surface area (Å²) in [5.41, 5.74) is 1.42. The number of aliphatic imine (C=N–C) groups is 1. The van der Waals surface area contributed by atoms with Gasteiger partial charge in [0.1, 0.15) is 0 Å². The Morgan fingerprint density at radius 2 is 1.80 bits per heavy atom. The lowest BCUT2D eigenvalue weighted by molar-refractivity contribution is 0.0779. The number of rotatable bonds is 5. The summed E-state index contributed by atoms with van der Waals surface area (Å²) < 4.78 is 5.84. The first kappa shape index (κ1) is 21.5. The zero-order valence-electron chi connectivity index (χ0n) is 18.3. The van der Waals surface area contributed by atoms with E-state index < -0.39 is 0 Å². The van der Waals surface area contributed by atoms with E-state index in [0.29, 0.717) is 0 Å². The van der Waals surface area contributed by atoms with Crippen molar-refractivity contribution >= 4 is 28.5 Å². The van der Waals surface area contributed by atoms with E-state index in [1.807, 2.05) is 18.8 Å². The molecule has 4 rings (SSSR count). The number of hydrogen-bond donors (Lipinski definition) is 1. The van der Waals surface area contributed by atoms with Gasteiger partial charge in [-0.2, -0.15) is 11.8 Å². The maximum absolute atomic E-state index is 5.58. The zero-order chi connectivity index (χ0) is 20.8. The molecule has 2 saturated heterocycles. The van der Waals surface area contributed by atoms with Crippen LogP contribution in [0, 0.1) is 0 Å². The molecular formula is C24H34N4OS. The van der Waals surface area contributed by atoms with Crippen molar-refractivity contribution < 1.29 is 4.74 Å². The van der Waals surface area contributed by atoms with Gasteiger partial charge in [-0.1, -0.05) is 42.5 Å². The molecule has 5 nitrogen and oxygen atoms in total. The summed E-state index contributed by atoms with van der Waals surface area (Å²) in [5.74, 6) is 1.04. The molecule has 162 valence electrons. The smallest absolute Gasteiger partial charge is 0.193 e. The fourth-order valence-electron chi connectivity index (χ4n) is 4.56. The van der Waals surface area contributed by atoms with Gasteiger partial charge in [0.25, 0.3) is 0 Å². The third-order valence-corrected chi connectivity index (χ3v) is 7.98. The Morgan fingerprint density at radius 3 is 2.53 bits per heavy atom. The van der Waals surface area contributed by atoms with Gasteiger partial charge < -0.3 is 15.0 Å². The maximum Gasteiger partial charge on any atom is 0.193 e. The lowest BCUT2D eigenvalue weighted by Gasteiger charge is -2.39. The topological polar surface area (TPSA) is 40.1 Å². The van der Waals surface area contributed by atoms with Crippen LogP contribution < -0.4 is 5.32 Å². The molecule has 0 saturated carbocycles. The highest BCUT2D eigenvalue weighted by Crippen LogP contribution is 2.33. The van der Waals surface area contributed by atoms with Gasteiger partial charge in [-0.25, -0.2) is 0 Å². The Bertz CT molecular complexity index is 852. The minimum absolute atomic E-state index is 0.268. The van der Waals surface area contributed by atoms with Crippen molar-refractivity contribution in [1.82, 2.24) is 15.1 Å². The average Bonchev–Trinajstić information content (AvgIpc) is 2.81. The summed E-state index contributed by atoms with van der Waals surface area (Å²) in [7, 11) is 1.90. The number of nitrogens with zero attached hydrogens (tertiary/aromatic N) is 3. The average molecular weight is 427 g/mol. The summed E-state index contributed by atoms with van der Waals surface area (Å²) in [6, 6.07) is 15.3. The predicted molar refractivity (Wildman–Crippen MR) is 128 cm³/mol. The third kappa shape index (κ3) is 4.93. The minimum Gasteiger partial charge on any atom is -0.381 e. The van der Waals surface area contributed by atoms with Crippen LogP contribution in [0.2, 0.25) is 0 Å². The van der Waals surface area contributed by atoms with Crippen LogP contribution in [0.1, 0.15) is 18.4 Å². The fraction of sp³-hybridized carbons (Fsp3) is 0.542. The summed E-state index contributed by atoms with van der Waals surface area (Å²) >= 11 is 1.97. The van der Waals surface area contributed by atoms with Gasteiger partial charge >= 0.3 is 0 Å². The Morgan fingerprint density at radius 1 is 1.07 bits per heavy atom. The van der Waals surface area contributed by atoms with Crippen molar-refractivity contribution in [1.29, 1.82) is 0 Å². The zero-order valence-corrected chi connectivity index (χ0v) is 19.1. The van der Waals surface area contributed by atoms with Gasteiger partial charge in [0.2, 0.25) is 0 Å². The molecule has 1 N–H and O–H groups in total. The number of fused-ring (bicyclic) bond motifs is 1. The van der Waals surface area contributed by atoms with Gasteiger partial charge in [-0.05, 0) is 35.4 Å². The molecule has 0 bridgehead atoms. The SMILES string of the molecule is CN=C(NCC1(SC)CCOCC1)N1CCN(Cc2cccc3ccccc23)CC1. The molecular weight excluding hydrogens is 392 g/mol. The van der Waals surface area contributed by atoms with Crippen molar-refractivity contribution in [2.24, 2.45) is 4.99 Å². The molecule has 6 heteroatoms. The molecule has 2 aromatic carbocycles. The van der Waals surface area contributed by atoms with E-state index in [-0.39, 0.29) is 4.75 Å². The first-order valence-corrected chi connectivity index (χ1v) is 12.2. The Balaban J connectivity index is 1.32. The molecule has 0 amide bonds. The van der Waals surface area contributed by atoms with Crippen LogP contribution in [-0.2, 0) is 11.3 Å². The van der Waals surface area contributed by atoms with E-state index in [0.717, 1.165) is 71.3 Å². The van der Waals surface area contributed by atoms with Crippen molar-refractivity contribution in [3.8, 4) is 0 Å². The van der Waals surface area contributed by atoms with Gasteiger partial charge in [-0.15, -0.1) is 0 Å². The number of benzene rings is 2. The number of thioether (sulfide) groups is 1. The van der Waals surface area contributed by atoms with Crippen LogP contribution >= 0.6 is 11.8 Å². The number of guanidine groups is 1. The van der Waals surface area contributed by atoms with E-state index in [1.165, 1.54) is 16.3 Å². The quantitative estimate of drug-likeness (QED) is 0.586. The first-order valence-electron chi connectivity index (χ1n) is 11.0. The Kier molecular flexibility index (Phi) is 7.18. The van der Waals surface area contributed by atoms with Crippen LogP contribution in [0.25, 0.3) is 10.8 Å². The largest absolute Gasteiger partial charge is 0.381 e. The molecule has 0 aliphatic carbocycles. The van der Waals surface area contributed by atoms with E-state index >= 15 is 0 Å². The second kappa shape index (κ2) is 10.0. The highest BCUT2D eigenvalue weighted by atomic mass is 32.2. The molecule has 2 aliphatic heterocycles. The van der Waals surface area contributed by atoms with Gasteiger partial charge in [0.15, 0.2) is 5.96 Å². The van der Waals surface area contributed by atoms with Crippen molar-refractivity contribution in [3.63, 3.8) is 0 Å². The van der Waals surface area contributed by atoms with Crippen molar-refractivity contribution in [3.05, 3.63) is 48.0 Å². The van der Waals surface area contributed by atoms with Crippen molar-refractivity contribution in [2.45, 2.75) is 24.1 Å². The normalized spacial score (nSPS) is 20.5. The molecule has 30 heavy (non-hydrogen) atoms. The van der Waals surface area contributed by atoms with Crippen molar-refractivity contribution in [2.75, 3.05) is 59.2 Å². The maximum atomic E-state index is 5.58. The number of hydrogen-bond acceptors (Lipinski definition) is 4. The van der Waals surface area contributed by atoms with E-state index in [2.05, 4.69) is 68.8 Å². The molecule has 2 aliphatic rings. The summed E-state index contributed by atoms with van der Waals surface area (Å²) in [5, 5.41) is 6.37. The predicted octanol–water partition coefficient (Wildman–Crippen LogP) is 3.45. The molecule has 0 unspecified atom stereocenters. The minimum atomic E-state index is 0.268. The standard InChI is InChI=1S/C24H34N4OS/c1-25-23(26-19-24(30-2)10-16-29-17-11-24)28-14-12-27(13-15-28)18-21-8-5-7-20-6-3-4-9-22(20)21/h3-9H,10-19H2,1-2H3,(H,25,26). The molecule has 0 radical (unpaired) electrons. The van der Waals surface area contributed by atoms with Crippen LogP contribution in [0.3, 0.4) is 0 Å². The highest BCUT2D eigenvalue weighted by molar-refractivity contribution is 8.00. The van der Waals surface area contributed by atoms with Gasteiger partial charge in [0.05, 0.1) is 0 Å². The first-order chi connectivity index (χ1) is 14.7. The molecule has 0 spiro atoms. The van der Waals surface area contributed by atoms with Crippen LogP contribution in [-0.4, -0.2) is 79.7 Å². The monoisotopic (exact) mass is 426 g/mol. The summed E-state index contributed by atoms with van der Waals surface area (Å²) in [6.07, 6.45) is 4.44. The van der Waals surface area contributed by atoms with Crippen LogP contribution in [0.5, 0.6) is 0 Å². The second-order valence-electron chi connectivity index (χ2n) is 8.30. The lowest BCUT2D eigenvalue weighted by atomic mass is 9.99. The van der Waals surface area contributed by atoms with E-state index in [4.69, 9.17) is 4.74 Å². The van der Waals surface area contributed by atoms with Gasteiger partial charge in [-0.3, -0.25) is 9.89 Å². The number of piperazine rings is 1. The molecule has 2 heterocycles. The number of ether oxygens (including phenoxy) is 1. The van der Waals surface area contributed by atoms with Gasteiger partial charge in [0, 0.05) is 64.3 Å². The van der Waals surface area contributed by atoms with Crippen LogP contribution in [0.15, 0.2) is 47.5 Å².